The summed E-state index contributed by atoms with van der Waals surface area (Å²) in [6, 6.07) is 6.27. The van der Waals surface area contributed by atoms with Crippen molar-refractivity contribution < 1.29 is 0 Å². The molecule has 0 spiro atoms. The molecule has 1 aliphatic rings. The second-order valence-corrected chi connectivity index (χ2v) is 4.63. The van der Waals surface area contributed by atoms with Crippen molar-refractivity contribution in [3.63, 3.8) is 0 Å². The fourth-order valence-corrected chi connectivity index (χ4v) is 2.53. The summed E-state index contributed by atoms with van der Waals surface area (Å²) in [4.78, 5) is 2.36. The molecule has 1 N–H and O–H groups in total. The standard InChI is InChI=1S/C13H13N5/c1-2-12(9-18-11(1)3-5-15-18)17-6-4-13-10(8-17)7-14-16-13/h1-3,5,7,9H,4,6,8H2,(H,14,16). The van der Waals surface area contributed by atoms with E-state index in [4.69, 9.17) is 0 Å². The summed E-state index contributed by atoms with van der Waals surface area (Å²) in [5.74, 6) is 0. The number of aromatic nitrogens is 4. The Morgan fingerprint density at radius 3 is 3.22 bits per heavy atom. The van der Waals surface area contributed by atoms with Crippen LogP contribution in [0.4, 0.5) is 5.69 Å². The fourth-order valence-electron chi connectivity index (χ4n) is 2.53. The maximum atomic E-state index is 4.28. The quantitative estimate of drug-likeness (QED) is 0.702. The zero-order chi connectivity index (χ0) is 11.9. The van der Waals surface area contributed by atoms with Gasteiger partial charge in [0.15, 0.2) is 0 Å². The summed E-state index contributed by atoms with van der Waals surface area (Å²) in [6.07, 6.45) is 6.85. The van der Waals surface area contributed by atoms with Gasteiger partial charge in [-0.2, -0.15) is 10.2 Å². The highest BCUT2D eigenvalue weighted by Gasteiger charge is 2.18. The molecule has 0 saturated carbocycles. The van der Waals surface area contributed by atoms with E-state index in [1.807, 2.05) is 23.0 Å². The van der Waals surface area contributed by atoms with Crippen LogP contribution in [0.3, 0.4) is 0 Å². The maximum Gasteiger partial charge on any atom is 0.0663 e. The third-order valence-electron chi connectivity index (χ3n) is 3.55. The van der Waals surface area contributed by atoms with E-state index >= 15 is 0 Å². The SMILES string of the molecule is c1cc2ccc(N3CCc4[nH]ncc4C3)cn2n1. The molecule has 5 nitrogen and oxygen atoms in total. The van der Waals surface area contributed by atoms with Crippen LogP contribution in [0.1, 0.15) is 11.3 Å². The lowest BCUT2D eigenvalue weighted by molar-refractivity contribution is 0.717. The van der Waals surface area contributed by atoms with Crippen LogP contribution in [-0.2, 0) is 13.0 Å². The predicted octanol–water partition coefficient (Wildman–Crippen LogP) is 1.62. The highest BCUT2D eigenvalue weighted by atomic mass is 15.2. The molecule has 0 amide bonds. The Morgan fingerprint density at radius 1 is 1.22 bits per heavy atom. The summed E-state index contributed by atoms with van der Waals surface area (Å²) in [7, 11) is 0. The zero-order valence-corrected chi connectivity index (χ0v) is 9.87. The molecular weight excluding hydrogens is 226 g/mol. The number of H-pyrrole nitrogens is 1. The van der Waals surface area contributed by atoms with Crippen LogP contribution in [0.5, 0.6) is 0 Å². The highest BCUT2D eigenvalue weighted by molar-refractivity contribution is 5.55. The molecule has 0 aliphatic carbocycles. The first-order chi connectivity index (χ1) is 8.90. The largest absolute Gasteiger partial charge is 0.365 e. The number of hydrogen-bond donors (Lipinski definition) is 1. The average molecular weight is 239 g/mol. The number of nitrogens with zero attached hydrogens (tertiary/aromatic N) is 4. The Balaban J connectivity index is 1.71. The lowest BCUT2D eigenvalue weighted by Gasteiger charge is -2.28. The van der Waals surface area contributed by atoms with E-state index in [2.05, 4.69) is 38.5 Å². The minimum absolute atomic E-state index is 0.915. The number of pyridine rings is 1. The Bertz CT molecular complexity index is 696. The second-order valence-electron chi connectivity index (χ2n) is 4.63. The maximum absolute atomic E-state index is 4.28. The van der Waals surface area contributed by atoms with Crippen molar-refractivity contribution in [3.8, 4) is 0 Å². The van der Waals surface area contributed by atoms with Crippen molar-refractivity contribution in [1.29, 1.82) is 0 Å². The molecule has 0 saturated heterocycles. The van der Waals surface area contributed by atoms with Crippen molar-refractivity contribution >= 4 is 11.2 Å². The Hall–Kier alpha value is -2.30. The molecule has 0 bridgehead atoms. The third kappa shape index (κ3) is 1.40. The van der Waals surface area contributed by atoms with E-state index in [0.29, 0.717) is 0 Å². The summed E-state index contributed by atoms with van der Waals surface area (Å²) in [5, 5.41) is 11.4. The summed E-state index contributed by atoms with van der Waals surface area (Å²) < 4.78 is 1.92. The minimum Gasteiger partial charge on any atom is -0.365 e. The first-order valence-electron chi connectivity index (χ1n) is 6.10. The number of aromatic amines is 1. The molecular formula is C13H13N5. The first kappa shape index (κ1) is 9.70. The van der Waals surface area contributed by atoms with Crippen LogP contribution in [0.2, 0.25) is 0 Å². The van der Waals surface area contributed by atoms with Crippen LogP contribution in [0.25, 0.3) is 5.52 Å². The molecule has 90 valence electrons. The second kappa shape index (κ2) is 3.60. The number of rotatable bonds is 1. The topological polar surface area (TPSA) is 49.2 Å². The molecule has 5 heteroatoms. The smallest absolute Gasteiger partial charge is 0.0663 e. The van der Waals surface area contributed by atoms with E-state index in [9.17, 15) is 0 Å². The molecule has 0 radical (unpaired) electrons. The number of hydrogen-bond acceptors (Lipinski definition) is 3. The van der Waals surface area contributed by atoms with Gasteiger partial charge in [0.2, 0.25) is 0 Å². The van der Waals surface area contributed by atoms with E-state index in [-0.39, 0.29) is 0 Å². The van der Waals surface area contributed by atoms with Gasteiger partial charge in [0.1, 0.15) is 0 Å². The van der Waals surface area contributed by atoms with Gasteiger partial charge in [0.05, 0.1) is 23.6 Å². The minimum atomic E-state index is 0.915. The van der Waals surface area contributed by atoms with Gasteiger partial charge in [-0.1, -0.05) is 0 Å². The fraction of sp³-hybridized carbons (Fsp3) is 0.231. The van der Waals surface area contributed by atoms with Gasteiger partial charge in [-0.25, -0.2) is 4.52 Å². The first-order valence-corrected chi connectivity index (χ1v) is 6.10. The van der Waals surface area contributed by atoms with Gasteiger partial charge in [-0.3, -0.25) is 5.10 Å². The van der Waals surface area contributed by atoms with Gasteiger partial charge in [0, 0.05) is 37.0 Å². The monoisotopic (exact) mass is 239 g/mol. The lowest BCUT2D eigenvalue weighted by Crippen LogP contribution is -2.30. The third-order valence-corrected chi connectivity index (χ3v) is 3.55. The highest BCUT2D eigenvalue weighted by Crippen LogP contribution is 2.23. The van der Waals surface area contributed by atoms with Gasteiger partial charge < -0.3 is 4.90 Å². The molecule has 3 aromatic rings. The molecule has 1 aliphatic heterocycles. The normalized spacial score (nSPS) is 15.0. The van der Waals surface area contributed by atoms with Gasteiger partial charge in [0.25, 0.3) is 0 Å². The summed E-state index contributed by atoms with van der Waals surface area (Å²) in [6.45, 7) is 1.93. The molecule has 3 aromatic heterocycles. The van der Waals surface area contributed by atoms with E-state index < -0.39 is 0 Å². The van der Waals surface area contributed by atoms with Gasteiger partial charge in [-0.15, -0.1) is 0 Å². The Morgan fingerprint density at radius 2 is 2.22 bits per heavy atom. The number of anilines is 1. The van der Waals surface area contributed by atoms with E-state index in [0.717, 1.165) is 25.0 Å². The molecule has 4 rings (SSSR count). The molecule has 4 heterocycles. The van der Waals surface area contributed by atoms with Crippen LogP contribution in [-0.4, -0.2) is 26.4 Å². The van der Waals surface area contributed by atoms with Crippen molar-refractivity contribution in [2.45, 2.75) is 13.0 Å². The molecule has 18 heavy (non-hydrogen) atoms. The van der Waals surface area contributed by atoms with Gasteiger partial charge >= 0.3 is 0 Å². The lowest BCUT2D eigenvalue weighted by atomic mass is 10.1. The molecule has 0 fully saturated rings. The van der Waals surface area contributed by atoms with Crippen molar-refractivity contribution in [2.24, 2.45) is 0 Å². The molecule has 0 aromatic carbocycles. The average Bonchev–Trinajstić information content (AvgIpc) is 3.05. The van der Waals surface area contributed by atoms with Crippen LogP contribution < -0.4 is 4.90 Å². The summed E-state index contributed by atoms with van der Waals surface area (Å²) in [5.41, 5.74) is 4.89. The van der Waals surface area contributed by atoms with Crippen molar-refractivity contribution in [2.75, 3.05) is 11.4 Å². The zero-order valence-electron chi connectivity index (χ0n) is 9.87. The Labute approximate surface area is 104 Å². The van der Waals surface area contributed by atoms with Crippen LogP contribution in [0, 0.1) is 0 Å². The van der Waals surface area contributed by atoms with E-state index in [1.165, 1.54) is 16.9 Å². The molecule has 0 unspecified atom stereocenters. The Kier molecular flexibility index (Phi) is 1.94. The van der Waals surface area contributed by atoms with Gasteiger partial charge in [-0.05, 0) is 18.2 Å². The summed E-state index contributed by atoms with van der Waals surface area (Å²) >= 11 is 0. The van der Waals surface area contributed by atoms with Crippen LogP contribution in [0.15, 0.2) is 36.8 Å². The van der Waals surface area contributed by atoms with Crippen molar-refractivity contribution in [3.05, 3.63) is 48.0 Å². The van der Waals surface area contributed by atoms with Crippen molar-refractivity contribution in [1.82, 2.24) is 19.8 Å². The van der Waals surface area contributed by atoms with E-state index in [1.54, 1.807) is 0 Å². The predicted molar refractivity (Wildman–Crippen MR) is 68.5 cm³/mol. The molecule has 0 atom stereocenters. The number of fused-ring (bicyclic) bond motifs is 2. The number of nitrogens with one attached hydrogen (secondary N) is 1. The van der Waals surface area contributed by atoms with Crippen LogP contribution >= 0.6 is 0 Å².